The molecule has 1 aliphatic rings. The normalized spacial score (nSPS) is 32.8. The monoisotopic (exact) mass is 183 g/mol. The molecule has 0 spiro atoms. The summed E-state index contributed by atoms with van der Waals surface area (Å²) in [5.74, 6) is 3.62. The van der Waals surface area contributed by atoms with Crippen LogP contribution in [0, 0.1) is 23.7 Å². The largest absolute Gasteiger partial charge is 0.306 e. The third-order valence-corrected chi connectivity index (χ3v) is 3.83. The molecule has 0 bridgehead atoms. The van der Waals surface area contributed by atoms with Gasteiger partial charge >= 0.3 is 0 Å². The van der Waals surface area contributed by atoms with E-state index in [0.717, 1.165) is 23.7 Å². The van der Waals surface area contributed by atoms with Crippen LogP contribution in [0.2, 0.25) is 0 Å². The molecular formula is C12H25N. The molecule has 3 unspecified atom stereocenters. The van der Waals surface area contributed by atoms with E-state index in [0.29, 0.717) is 0 Å². The number of hydrogen-bond donors (Lipinski definition) is 0. The highest BCUT2D eigenvalue weighted by atomic mass is 15.1. The molecule has 1 heterocycles. The molecule has 0 aliphatic carbocycles. The summed E-state index contributed by atoms with van der Waals surface area (Å²) in [6.45, 7) is 12.1. The van der Waals surface area contributed by atoms with Crippen molar-refractivity contribution in [1.82, 2.24) is 4.90 Å². The lowest BCUT2D eigenvalue weighted by Crippen LogP contribution is -2.23. The molecule has 0 aromatic rings. The fraction of sp³-hybridized carbons (Fsp3) is 1.00. The van der Waals surface area contributed by atoms with Crippen LogP contribution in [0.4, 0.5) is 0 Å². The van der Waals surface area contributed by atoms with E-state index >= 15 is 0 Å². The lowest BCUT2D eigenvalue weighted by atomic mass is 9.78. The van der Waals surface area contributed by atoms with E-state index in [4.69, 9.17) is 0 Å². The Hall–Kier alpha value is -0.0400. The minimum absolute atomic E-state index is 0.851. The Kier molecular flexibility index (Phi) is 3.78. The Morgan fingerprint density at radius 2 is 1.69 bits per heavy atom. The Balaban J connectivity index is 2.60. The first-order chi connectivity index (χ1) is 6.06. The highest BCUT2D eigenvalue weighted by Gasteiger charge is 2.35. The summed E-state index contributed by atoms with van der Waals surface area (Å²) in [6, 6.07) is 0. The molecule has 1 nitrogen and oxygen atoms in total. The van der Waals surface area contributed by atoms with Gasteiger partial charge < -0.3 is 4.90 Å². The van der Waals surface area contributed by atoms with Gasteiger partial charge in [0.1, 0.15) is 0 Å². The lowest BCUT2D eigenvalue weighted by Gasteiger charge is -2.26. The van der Waals surface area contributed by atoms with Crippen LogP contribution in [-0.2, 0) is 0 Å². The van der Waals surface area contributed by atoms with Crippen LogP contribution in [0.3, 0.4) is 0 Å². The van der Waals surface area contributed by atoms with E-state index in [9.17, 15) is 0 Å². The second kappa shape index (κ2) is 4.45. The van der Waals surface area contributed by atoms with Crippen LogP contribution in [0.25, 0.3) is 0 Å². The molecule has 1 fully saturated rings. The van der Waals surface area contributed by atoms with Crippen LogP contribution >= 0.6 is 0 Å². The van der Waals surface area contributed by atoms with Gasteiger partial charge in [-0.2, -0.15) is 0 Å². The average molecular weight is 183 g/mol. The fourth-order valence-corrected chi connectivity index (χ4v) is 2.67. The molecule has 0 aromatic carbocycles. The van der Waals surface area contributed by atoms with E-state index < -0.39 is 0 Å². The van der Waals surface area contributed by atoms with Crippen molar-refractivity contribution in [3.63, 3.8) is 0 Å². The summed E-state index contributed by atoms with van der Waals surface area (Å²) in [4.78, 5) is 2.50. The maximum atomic E-state index is 2.50. The third-order valence-electron chi connectivity index (χ3n) is 3.83. The summed E-state index contributed by atoms with van der Waals surface area (Å²) in [5.41, 5.74) is 0. The maximum Gasteiger partial charge on any atom is 0.00125 e. The molecule has 0 N–H and O–H groups in total. The van der Waals surface area contributed by atoms with Gasteiger partial charge in [0.05, 0.1) is 0 Å². The van der Waals surface area contributed by atoms with Gasteiger partial charge in [-0.05, 0) is 30.7 Å². The molecule has 1 heteroatoms. The number of nitrogens with zero attached hydrogens (tertiary/aromatic N) is 1. The first kappa shape index (κ1) is 11.0. The number of hydrogen-bond acceptors (Lipinski definition) is 1. The zero-order chi connectivity index (χ0) is 10.0. The molecule has 0 amide bonds. The molecule has 1 rings (SSSR count). The second-order valence-electron chi connectivity index (χ2n) is 5.18. The van der Waals surface area contributed by atoms with E-state index in [1.807, 2.05) is 0 Å². The first-order valence-electron chi connectivity index (χ1n) is 5.74. The first-order valence-corrected chi connectivity index (χ1v) is 5.74. The molecule has 0 saturated carbocycles. The molecule has 1 aliphatic heterocycles. The van der Waals surface area contributed by atoms with Gasteiger partial charge in [-0.15, -0.1) is 0 Å². The predicted octanol–water partition coefficient (Wildman–Crippen LogP) is 2.87. The highest BCUT2D eigenvalue weighted by molar-refractivity contribution is 4.86. The molecule has 1 saturated heterocycles. The van der Waals surface area contributed by atoms with Crippen molar-refractivity contribution >= 4 is 0 Å². The van der Waals surface area contributed by atoms with Crippen molar-refractivity contribution in [3.05, 3.63) is 0 Å². The van der Waals surface area contributed by atoms with Crippen molar-refractivity contribution in [2.24, 2.45) is 23.7 Å². The molecule has 3 atom stereocenters. The molecule has 0 aromatic heterocycles. The quantitative estimate of drug-likeness (QED) is 0.650. The smallest absolute Gasteiger partial charge is 0.00125 e. The van der Waals surface area contributed by atoms with E-state index in [1.165, 1.54) is 19.5 Å². The van der Waals surface area contributed by atoms with Crippen molar-refractivity contribution < 1.29 is 0 Å². The van der Waals surface area contributed by atoms with Crippen molar-refractivity contribution in [2.45, 2.75) is 34.1 Å². The minimum atomic E-state index is 0.851. The van der Waals surface area contributed by atoms with Crippen molar-refractivity contribution in [2.75, 3.05) is 20.1 Å². The number of likely N-dealkylation sites (tertiary alicyclic amines) is 1. The third kappa shape index (κ3) is 2.46. The molecule has 78 valence electrons. The van der Waals surface area contributed by atoms with Crippen LogP contribution < -0.4 is 0 Å². The molecule has 13 heavy (non-hydrogen) atoms. The lowest BCUT2D eigenvalue weighted by molar-refractivity contribution is 0.239. The van der Waals surface area contributed by atoms with Gasteiger partial charge in [0, 0.05) is 13.1 Å². The summed E-state index contributed by atoms with van der Waals surface area (Å²) in [6.07, 6.45) is 1.34. The van der Waals surface area contributed by atoms with Gasteiger partial charge in [-0.1, -0.05) is 34.1 Å². The summed E-state index contributed by atoms with van der Waals surface area (Å²) in [7, 11) is 2.26. The Morgan fingerprint density at radius 1 is 1.15 bits per heavy atom. The summed E-state index contributed by atoms with van der Waals surface area (Å²) >= 11 is 0. The van der Waals surface area contributed by atoms with Gasteiger partial charge in [0.25, 0.3) is 0 Å². The standard InChI is InChI=1S/C12H25N/c1-6-10(4)12-8-13(5)7-11(12)9(2)3/h9-12H,6-8H2,1-5H3. The van der Waals surface area contributed by atoms with E-state index in [1.54, 1.807) is 0 Å². The molecular weight excluding hydrogens is 158 g/mol. The SMILES string of the molecule is CCC(C)C1CN(C)CC1C(C)C. The van der Waals surface area contributed by atoms with Crippen LogP contribution in [0.5, 0.6) is 0 Å². The van der Waals surface area contributed by atoms with Crippen LogP contribution in [0.15, 0.2) is 0 Å². The zero-order valence-corrected chi connectivity index (χ0v) is 9.88. The van der Waals surface area contributed by atoms with Gasteiger partial charge in [0.15, 0.2) is 0 Å². The topological polar surface area (TPSA) is 3.24 Å². The number of rotatable bonds is 3. The van der Waals surface area contributed by atoms with Gasteiger partial charge in [0.2, 0.25) is 0 Å². The average Bonchev–Trinajstić information content (AvgIpc) is 2.46. The fourth-order valence-electron chi connectivity index (χ4n) is 2.67. The molecule has 0 radical (unpaired) electrons. The Labute approximate surface area is 83.5 Å². The van der Waals surface area contributed by atoms with Crippen LogP contribution in [-0.4, -0.2) is 25.0 Å². The summed E-state index contributed by atoms with van der Waals surface area (Å²) in [5, 5.41) is 0. The van der Waals surface area contributed by atoms with E-state index in [2.05, 4.69) is 39.6 Å². The van der Waals surface area contributed by atoms with Crippen molar-refractivity contribution in [1.29, 1.82) is 0 Å². The predicted molar refractivity (Wildman–Crippen MR) is 58.8 cm³/mol. The van der Waals surface area contributed by atoms with Gasteiger partial charge in [-0.3, -0.25) is 0 Å². The maximum absolute atomic E-state index is 2.50. The highest BCUT2D eigenvalue weighted by Crippen LogP contribution is 2.34. The Bertz CT molecular complexity index is 153. The Morgan fingerprint density at radius 3 is 2.15 bits per heavy atom. The zero-order valence-electron chi connectivity index (χ0n) is 9.88. The van der Waals surface area contributed by atoms with E-state index in [-0.39, 0.29) is 0 Å². The second-order valence-corrected chi connectivity index (χ2v) is 5.18. The van der Waals surface area contributed by atoms with Crippen LogP contribution in [0.1, 0.15) is 34.1 Å². The minimum Gasteiger partial charge on any atom is -0.306 e. The van der Waals surface area contributed by atoms with Gasteiger partial charge in [-0.25, -0.2) is 0 Å². The van der Waals surface area contributed by atoms with Crippen molar-refractivity contribution in [3.8, 4) is 0 Å². The summed E-state index contributed by atoms with van der Waals surface area (Å²) < 4.78 is 0.